The number of primary amides is 1. The van der Waals surface area contributed by atoms with E-state index < -0.39 is 29.2 Å². The van der Waals surface area contributed by atoms with E-state index >= 15 is 0 Å². The molecule has 0 bridgehead atoms. The van der Waals surface area contributed by atoms with Crippen LogP contribution in [0.5, 0.6) is 0 Å². The first-order valence-electron chi connectivity index (χ1n) is 6.79. The van der Waals surface area contributed by atoms with Crippen molar-refractivity contribution >= 4 is 17.8 Å². The lowest BCUT2D eigenvalue weighted by Crippen LogP contribution is -2.47. The van der Waals surface area contributed by atoms with Crippen LogP contribution in [0.3, 0.4) is 0 Å². The second-order valence-electron chi connectivity index (χ2n) is 5.59. The molecule has 0 saturated heterocycles. The number of carbonyl (C=O) groups excluding carboxylic acids is 2. The van der Waals surface area contributed by atoms with E-state index in [2.05, 4.69) is 5.32 Å². The van der Waals surface area contributed by atoms with Crippen molar-refractivity contribution in [1.29, 1.82) is 0 Å². The molecular weight excluding hydrogens is 272 g/mol. The Bertz CT molecular complexity index is 599. The normalized spacial score (nSPS) is 24.5. The molecule has 1 aliphatic carbocycles. The number of hydrogen-bond donors (Lipinski definition) is 3. The highest BCUT2D eigenvalue weighted by atomic mass is 16.4. The molecule has 4 N–H and O–H groups in total. The molecule has 1 aromatic carbocycles. The summed E-state index contributed by atoms with van der Waals surface area (Å²) in [5.74, 6) is -1.91. The molecule has 0 heterocycles. The molecule has 1 saturated carbocycles. The summed E-state index contributed by atoms with van der Waals surface area (Å²) in [6.45, 7) is 1.65. The Labute approximate surface area is 122 Å². The van der Waals surface area contributed by atoms with E-state index in [0.29, 0.717) is 18.4 Å². The van der Waals surface area contributed by atoms with Crippen LogP contribution < -0.4 is 11.1 Å². The summed E-state index contributed by atoms with van der Waals surface area (Å²) >= 11 is 0. The first-order valence-corrected chi connectivity index (χ1v) is 6.79. The number of nitrogens with two attached hydrogens (primary N) is 1. The van der Waals surface area contributed by atoms with Crippen LogP contribution in [0, 0.1) is 5.41 Å². The van der Waals surface area contributed by atoms with Crippen LogP contribution in [0.25, 0.3) is 0 Å². The highest BCUT2D eigenvalue weighted by Gasteiger charge is 2.45. The molecule has 112 valence electrons. The number of hydrogen-bond acceptors (Lipinski definition) is 3. The molecule has 6 nitrogen and oxygen atoms in total. The highest BCUT2D eigenvalue weighted by Crippen LogP contribution is 2.38. The zero-order chi connectivity index (χ0) is 15.6. The largest absolute Gasteiger partial charge is 0.481 e. The predicted octanol–water partition coefficient (Wildman–Crippen LogP) is 1.16. The van der Waals surface area contributed by atoms with Gasteiger partial charge in [0.1, 0.15) is 0 Å². The van der Waals surface area contributed by atoms with Gasteiger partial charge < -0.3 is 16.2 Å². The topological polar surface area (TPSA) is 109 Å². The Morgan fingerprint density at radius 2 is 2.00 bits per heavy atom. The zero-order valence-electron chi connectivity index (χ0n) is 11.8. The third-order valence-electron chi connectivity index (χ3n) is 4.16. The SMILES string of the molecule is CC1(C(=O)O)CCCC1NC(=O)c1cccc(C(N)=O)c1. The van der Waals surface area contributed by atoms with Crippen molar-refractivity contribution in [2.45, 2.75) is 32.2 Å². The van der Waals surface area contributed by atoms with Gasteiger partial charge in [0.2, 0.25) is 5.91 Å². The summed E-state index contributed by atoms with van der Waals surface area (Å²) in [6, 6.07) is 5.65. The number of benzene rings is 1. The fourth-order valence-corrected chi connectivity index (χ4v) is 2.71. The Hall–Kier alpha value is -2.37. The fourth-order valence-electron chi connectivity index (χ4n) is 2.71. The molecule has 1 fully saturated rings. The molecule has 1 aromatic rings. The van der Waals surface area contributed by atoms with E-state index in [-0.39, 0.29) is 5.56 Å². The Balaban J connectivity index is 2.16. The van der Waals surface area contributed by atoms with E-state index in [1.807, 2.05) is 0 Å². The Kier molecular flexibility index (Phi) is 3.97. The van der Waals surface area contributed by atoms with Gasteiger partial charge in [0.05, 0.1) is 5.41 Å². The lowest BCUT2D eigenvalue weighted by Gasteiger charge is -2.27. The minimum atomic E-state index is -0.947. The molecule has 0 aromatic heterocycles. The van der Waals surface area contributed by atoms with Crippen molar-refractivity contribution in [2.24, 2.45) is 11.1 Å². The van der Waals surface area contributed by atoms with Gasteiger partial charge in [-0.2, -0.15) is 0 Å². The van der Waals surface area contributed by atoms with E-state index in [0.717, 1.165) is 6.42 Å². The summed E-state index contributed by atoms with van der Waals surface area (Å²) in [7, 11) is 0. The number of carboxylic acid groups (broad SMARTS) is 1. The molecular formula is C15H18N2O4. The summed E-state index contributed by atoms with van der Waals surface area (Å²) in [5, 5.41) is 12.1. The van der Waals surface area contributed by atoms with Gasteiger partial charge in [0, 0.05) is 17.2 Å². The Morgan fingerprint density at radius 1 is 1.33 bits per heavy atom. The number of aliphatic carboxylic acids is 1. The summed E-state index contributed by atoms with van der Waals surface area (Å²) < 4.78 is 0. The zero-order valence-corrected chi connectivity index (χ0v) is 11.8. The minimum absolute atomic E-state index is 0.245. The van der Waals surface area contributed by atoms with E-state index in [1.54, 1.807) is 19.1 Å². The van der Waals surface area contributed by atoms with Crippen LogP contribution in [0.1, 0.15) is 46.9 Å². The monoisotopic (exact) mass is 290 g/mol. The lowest BCUT2D eigenvalue weighted by atomic mass is 9.85. The average molecular weight is 290 g/mol. The van der Waals surface area contributed by atoms with E-state index in [9.17, 15) is 19.5 Å². The molecule has 0 spiro atoms. The van der Waals surface area contributed by atoms with Crippen molar-refractivity contribution in [2.75, 3.05) is 0 Å². The number of amides is 2. The maximum absolute atomic E-state index is 12.2. The maximum atomic E-state index is 12.2. The molecule has 2 rings (SSSR count). The van der Waals surface area contributed by atoms with Gasteiger partial charge in [-0.25, -0.2) is 0 Å². The third-order valence-corrected chi connectivity index (χ3v) is 4.16. The average Bonchev–Trinajstić information content (AvgIpc) is 2.81. The van der Waals surface area contributed by atoms with Gasteiger partial charge in [-0.1, -0.05) is 12.5 Å². The second-order valence-corrected chi connectivity index (χ2v) is 5.59. The number of nitrogens with one attached hydrogen (secondary N) is 1. The van der Waals surface area contributed by atoms with Crippen molar-refractivity contribution in [3.8, 4) is 0 Å². The van der Waals surface area contributed by atoms with E-state index in [1.165, 1.54) is 12.1 Å². The van der Waals surface area contributed by atoms with Crippen molar-refractivity contribution in [3.63, 3.8) is 0 Å². The van der Waals surface area contributed by atoms with Gasteiger partial charge in [-0.3, -0.25) is 14.4 Å². The van der Waals surface area contributed by atoms with Crippen LogP contribution >= 0.6 is 0 Å². The molecule has 2 unspecified atom stereocenters. The predicted molar refractivity (Wildman–Crippen MR) is 75.8 cm³/mol. The molecule has 0 radical (unpaired) electrons. The Morgan fingerprint density at radius 3 is 2.62 bits per heavy atom. The van der Waals surface area contributed by atoms with Gasteiger partial charge in [-0.05, 0) is 38.0 Å². The van der Waals surface area contributed by atoms with Gasteiger partial charge in [0.15, 0.2) is 0 Å². The van der Waals surface area contributed by atoms with Crippen molar-refractivity contribution < 1.29 is 19.5 Å². The maximum Gasteiger partial charge on any atom is 0.311 e. The molecule has 2 amide bonds. The van der Waals surface area contributed by atoms with Crippen LogP contribution in [-0.2, 0) is 4.79 Å². The van der Waals surface area contributed by atoms with Crippen molar-refractivity contribution in [1.82, 2.24) is 5.32 Å². The summed E-state index contributed by atoms with van der Waals surface area (Å²) in [4.78, 5) is 34.7. The number of carboxylic acids is 1. The molecule has 6 heteroatoms. The summed E-state index contributed by atoms with van der Waals surface area (Å²) in [6.07, 6.45) is 1.92. The smallest absolute Gasteiger partial charge is 0.311 e. The molecule has 1 aliphatic rings. The van der Waals surface area contributed by atoms with E-state index in [4.69, 9.17) is 5.73 Å². The summed E-state index contributed by atoms with van der Waals surface area (Å²) in [5.41, 5.74) is 4.78. The quantitative estimate of drug-likeness (QED) is 0.772. The number of carbonyl (C=O) groups is 3. The first kappa shape index (κ1) is 15.0. The van der Waals surface area contributed by atoms with Gasteiger partial charge in [-0.15, -0.1) is 0 Å². The van der Waals surface area contributed by atoms with Crippen LogP contribution in [0.4, 0.5) is 0 Å². The molecule has 2 atom stereocenters. The molecule has 21 heavy (non-hydrogen) atoms. The lowest BCUT2D eigenvalue weighted by molar-refractivity contribution is -0.148. The van der Waals surface area contributed by atoms with Crippen LogP contribution in [-0.4, -0.2) is 28.9 Å². The standard InChI is InChI=1S/C15H18N2O4/c1-15(14(20)21)7-3-6-11(15)17-13(19)10-5-2-4-9(8-10)12(16)18/h2,4-5,8,11H,3,6-7H2,1H3,(H2,16,18)(H,17,19)(H,20,21). The first-order chi connectivity index (χ1) is 9.84. The second kappa shape index (κ2) is 5.55. The minimum Gasteiger partial charge on any atom is -0.481 e. The van der Waals surface area contributed by atoms with Crippen LogP contribution in [0.15, 0.2) is 24.3 Å². The molecule has 0 aliphatic heterocycles. The van der Waals surface area contributed by atoms with Crippen molar-refractivity contribution in [3.05, 3.63) is 35.4 Å². The fraction of sp³-hybridized carbons (Fsp3) is 0.400. The number of rotatable bonds is 4. The van der Waals surface area contributed by atoms with Gasteiger partial charge in [0.25, 0.3) is 5.91 Å². The third kappa shape index (κ3) is 2.89. The highest BCUT2D eigenvalue weighted by molar-refractivity contribution is 5.99. The van der Waals surface area contributed by atoms with Gasteiger partial charge >= 0.3 is 5.97 Å². The van der Waals surface area contributed by atoms with Crippen LogP contribution in [0.2, 0.25) is 0 Å².